The third kappa shape index (κ3) is 3.52. The Kier molecular flexibility index (Phi) is 4.62. The zero-order chi connectivity index (χ0) is 14.1. The fraction of sp³-hybridized carbons (Fsp3) is 1.00. The Balaban J connectivity index is 1.98. The van der Waals surface area contributed by atoms with Gasteiger partial charge in [0.25, 0.3) is 0 Å². The molecule has 112 valence electrons. The van der Waals surface area contributed by atoms with E-state index in [-0.39, 0.29) is 11.5 Å². The van der Waals surface area contributed by atoms with Gasteiger partial charge in [-0.2, -0.15) is 0 Å². The van der Waals surface area contributed by atoms with E-state index in [0.29, 0.717) is 11.5 Å². The van der Waals surface area contributed by atoms with Gasteiger partial charge in [-0.05, 0) is 56.5 Å². The molecule has 2 fully saturated rings. The summed E-state index contributed by atoms with van der Waals surface area (Å²) in [6.45, 7) is 11.7. The maximum atomic E-state index is 6.28. The fourth-order valence-corrected chi connectivity index (χ4v) is 4.75. The Hall–Kier alpha value is -0.0800. The van der Waals surface area contributed by atoms with E-state index in [0.717, 1.165) is 0 Å². The summed E-state index contributed by atoms with van der Waals surface area (Å²) in [6.07, 6.45) is 10.2. The molecule has 2 unspecified atom stereocenters. The number of rotatable bonds is 2. The first-order valence-corrected chi connectivity index (χ1v) is 8.34. The minimum atomic E-state index is 0.264. The highest BCUT2D eigenvalue weighted by atomic mass is 15.2. The van der Waals surface area contributed by atoms with Crippen molar-refractivity contribution in [3.05, 3.63) is 0 Å². The van der Waals surface area contributed by atoms with Crippen LogP contribution in [-0.4, -0.2) is 30.1 Å². The average Bonchev–Trinajstić information content (AvgIpc) is 2.31. The average molecular weight is 266 g/mol. The molecule has 0 radical (unpaired) electrons. The molecule has 1 aliphatic carbocycles. The predicted octanol–water partition coefficient (Wildman–Crippen LogP) is 3.79. The van der Waals surface area contributed by atoms with Crippen LogP contribution in [-0.2, 0) is 0 Å². The SMILES string of the molecule is CC(N)C(N1CCC2(CCCCC2)CC1)C(C)(C)C. The van der Waals surface area contributed by atoms with Gasteiger partial charge < -0.3 is 5.73 Å². The van der Waals surface area contributed by atoms with Crippen molar-refractivity contribution in [3.63, 3.8) is 0 Å². The third-order valence-electron chi connectivity index (χ3n) is 5.55. The molecule has 0 aromatic heterocycles. The van der Waals surface area contributed by atoms with Crippen molar-refractivity contribution < 1.29 is 0 Å². The van der Waals surface area contributed by atoms with Crippen molar-refractivity contribution in [3.8, 4) is 0 Å². The van der Waals surface area contributed by atoms with E-state index in [1.165, 1.54) is 58.0 Å². The third-order valence-corrected chi connectivity index (χ3v) is 5.55. The van der Waals surface area contributed by atoms with Gasteiger partial charge in [-0.15, -0.1) is 0 Å². The standard InChI is InChI=1S/C17H34N2/c1-14(18)15(16(2,3)4)19-12-10-17(11-13-19)8-6-5-7-9-17/h14-15H,5-13,18H2,1-4H3. The highest BCUT2D eigenvalue weighted by Crippen LogP contribution is 2.45. The highest BCUT2D eigenvalue weighted by molar-refractivity contribution is 4.95. The first-order chi connectivity index (χ1) is 8.84. The lowest BCUT2D eigenvalue weighted by Gasteiger charge is -2.50. The van der Waals surface area contributed by atoms with Crippen molar-refractivity contribution in [2.24, 2.45) is 16.6 Å². The largest absolute Gasteiger partial charge is 0.327 e. The van der Waals surface area contributed by atoms with Gasteiger partial charge in [0, 0.05) is 12.1 Å². The predicted molar refractivity (Wildman–Crippen MR) is 83.2 cm³/mol. The Morgan fingerprint density at radius 3 is 1.89 bits per heavy atom. The second kappa shape index (κ2) is 5.73. The van der Waals surface area contributed by atoms with E-state index in [4.69, 9.17) is 5.73 Å². The molecule has 2 atom stereocenters. The topological polar surface area (TPSA) is 29.3 Å². The molecule has 2 rings (SSSR count). The second-order valence-electron chi connectivity index (χ2n) is 8.27. The zero-order valence-corrected chi connectivity index (χ0v) is 13.5. The van der Waals surface area contributed by atoms with Crippen LogP contribution in [0.4, 0.5) is 0 Å². The molecule has 2 aliphatic rings. The van der Waals surface area contributed by atoms with Crippen LogP contribution < -0.4 is 5.73 Å². The molecule has 2 nitrogen and oxygen atoms in total. The summed E-state index contributed by atoms with van der Waals surface area (Å²) in [6, 6.07) is 0.786. The van der Waals surface area contributed by atoms with Crippen LogP contribution in [0.2, 0.25) is 0 Å². The van der Waals surface area contributed by atoms with E-state index >= 15 is 0 Å². The summed E-state index contributed by atoms with van der Waals surface area (Å²) >= 11 is 0. The summed E-state index contributed by atoms with van der Waals surface area (Å²) < 4.78 is 0. The summed E-state index contributed by atoms with van der Waals surface area (Å²) in [4.78, 5) is 2.69. The molecule has 0 aromatic rings. The van der Waals surface area contributed by atoms with E-state index < -0.39 is 0 Å². The zero-order valence-electron chi connectivity index (χ0n) is 13.5. The molecule has 2 heteroatoms. The molecule has 0 bridgehead atoms. The fourth-order valence-electron chi connectivity index (χ4n) is 4.75. The van der Waals surface area contributed by atoms with Gasteiger partial charge in [0.2, 0.25) is 0 Å². The minimum absolute atomic E-state index is 0.264. The Morgan fingerprint density at radius 1 is 0.947 bits per heavy atom. The van der Waals surface area contributed by atoms with Gasteiger partial charge in [-0.3, -0.25) is 4.90 Å². The second-order valence-corrected chi connectivity index (χ2v) is 8.27. The van der Waals surface area contributed by atoms with Crippen molar-refractivity contribution in [2.75, 3.05) is 13.1 Å². The lowest BCUT2D eigenvalue weighted by molar-refractivity contribution is 0.00526. The maximum absolute atomic E-state index is 6.28. The summed E-state index contributed by atoms with van der Waals surface area (Å²) in [5, 5.41) is 0. The van der Waals surface area contributed by atoms with E-state index in [1.54, 1.807) is 0 Å². The Labute approximate surface area is 120 Å². The molecule has 1 spiro atoms. The molecular formula is C17H34N2. The van der Waals surface area contributed by atoms with Crippen LogP contribution in [0.15, 0.2) is 0 Å². The van der Waals surface area contributed by atoms with Crippen LogP contribution >= 0.6 is 0 Å². The van der Waals surface area contributed by atoms with Crippen molar-refractivity contribution in [2.45, 2.75) is 84.7 Å². The number of hydrogen-bond donors (Lipinski definition) is 1. The van der Waals surface area contributed by atoms with Crippen molar-refractivity contribution in [1.82, 2.24) is 4.90 Å². The van der Waals surface area contributed by atoms with Crippen LogP contribution in [0, 0.1) is 10.8 Å². The van der Waals surface area contributed by atoms with Crippen LogP contribution in [0.5, 0.6) is 0 Å². The van der Waals surface area contributed by atoms with Gasteiger partial charge in [-0.1, -0.05) is 40.0 Å². The smallest absolute Gasteiger partial charge is 0.0292 e. The molecule has 0 amide bonds. The molecular weight excluding hydrogens is 232 g/mol. The maximum Gasteiger partial charge on any atom is 0.0292 e. The van der Waals surface area contributed by atoms with Gasteiger partial charge in [0.1, 0.15) is 0 Å². The monoisotopic (exact) mass is 266 g/mol. The van der Waals surface area contributed by atoms with Gasteiger partial charge in [0.05, 0.1) is 0 Å². The van der Waals surface area contributed by atoms with E-state index in [1.807, 2.05) is 0 Å². The number of nitrogens with zero attached hydrogens (tertiary/aromatic N) is 1. The number of hydrogen-bond acceptors (Lipinski definition) is 2. The lowest BCUT2D eigenvalue weighted by atomic mass is 9.67. The van der Waals surface area contributed by atoms with Crippen LogP contribution in [0.3, 0.4) is 0 Å². The summed E-state index contributed by atoms with van der Waals surface area (Å²) in [7, 11) is 0. The van der Waals surface area contributed by atoms with Crippen molar-refractivity contribution in [1.29, 1.82) is 0 Å². The highest BCUT2D eigenvalue weighted by Gasteiger charge is 2.40. The lowest BCUT2D eigenvalue weighted by Crippen LogP contribution is -2.57. The number of piperidine rings is 1. The molecule has 2 N–H and O–H groups in total. The summed E-state index contributed by atoms with van der Waals surface area (Å²) in [5.41, 5.74) is 7.27. The Morgan fingerprint density at radius 2 is 1.47 bits per heavy atom. The quantitative estimate of drug-likeness (QED) is 0.824. The van der Waals surface area contributed by atoms with Crippen LogP contribution in [0.1, 0.15) is 72.6 Å². The number of likely N-dealkylation sites (tertiary alicyclic amines) is 1. The first kappa shape index (κ1) is 15.3. The Bertz CT molecular complexity index is 274. The van der Waals surface area contributed by atoms with Gasteiger partial charge >= 0.3 is 0 Å². The van der Waals surface area contributed by atoms with E-state index in [9.17, 15) is 0 Å². The van der Waals surface area contributed by atoms with Gasteiger partial charge in [-0.25, -0.2) is 0 Å². The van der Waals surface area contributed by atoms with Gasteiger partial charge in [0.15, 0.2) is 0 Å². The molecule has 1 saturated heterocycles. The van der Waals surface area contributed by atoms with Crippen LogP contribution in [0.25, 0.3) is 0 Å². The summed E-state index contributed by atoms with van der Waals surface area (Å²) in [5.74, 6) is 0. The molecule has 19 heavy (non-hydrogen) atoms. The molecule has 1 aliphatic heterocycles. The molecule has 1 heterocycles. The minimum Gasteiger partial charge on any atom is -0.327 e. The number of nitrogens with two attached hydrogens (primary N) is 1. The molecule has 0 aromatic carbocycles. The van der Waals surface area contributed by atoms with E-state index in [2.05, 4.69) is 32.6 Å². The normalized spacial score (nSPS) is 28.3. The van der Waals surface area contributed by atoms with Crippen molar-refractivity contribution >= 4 is 0 Å². The molecule has 1 saturated carbocycles. The first-order valence-electron chi connectivity index (χ1n) is 8.34.